The fraction of sp³-hybridized carbons (Fsp3) is 0.300. The summed E-state index contributed by atoms with van der Waals surface area (Å²) in [5.74, 6) is 0.272. The number of nitrogens with zero attached hydrogens (tertiary/aromatic N) is 2. The quantitative estimate of drug-likeness (QED) is 0.724. The summed E-state index contributed by atoms with van der Waals surface area (Å²) in [5.41, 5.74) is 3.40. The predicted molar refractivity (Wildman–Crippen MR) is 103 cm³/mol. The molecule has 0 saturated heterocycles. The molecule has 0 spiro atoms. The Balaban J connectivity index is 2.04. The number of thiophene rings is 1. The standard InChI is InChI=1S/C20H23N3OS/c1-13(2)15(4)21-20(24)18-12-17(19-9-6-10-25-19)22-23(18)16-8-5-7-14(3)11-16/h5-13,15H,1-4H3,(H,21,24). The van der Waals surface area contributed by atoms with E-state index < -0.39 is 0 Å². The molecule has 0 aliphatic rings. The zero-order valence-corrected chi connectivity index (χ0v) is 15.8. The lowest BCUT2D eigenvalue weighted by Gasteiger charge is -2.17. The number of benzene rings is 1. The topological polar surface area (TPSA) is 46.9 Å². The molecule has 1 amide bonds. The van der Waals surface area contributed by atoms with Crippen LogP contribution < -0.4 is 5.32 Å². The molecule has 1 atom stereocenters. The molecule has 0 aliphatic carbocycles. The van der Waals surface area contributed by atoms with Gasteiger partial charge in [0.15, 0.2) is 0 Å². The van der Waals surface area contributed by atoms with Crippen LogP contribution in [0.1, 0.15) is 36.8 Å². The molecule has 5 heteroatoms. The summed E-state index contributed by atoms with van der Waals surface area (Å²) in [4.78, 5) is 13.9. The Morgan fingerprint density at radius 2 is 1.96 bits per heavy atom. The molecular weight excluding hydrogens is 330 g/mol. The fourth-order valence-corrected chi connectivity index (χ4v) is 3.17. The Morgan fingerprint density at radius 1 is 1.16 bits per heavy atom. The van der Waals surface area contributed by atoms with Crippen molar-refractivity contribution in [3.63, 3.8) is 0 Å². The summed E-state index contributed by atoms with van der Waals surface area (Å²) in [7, 11) is 0. The molecule has 0 saturated carbocycles. The van der Waals surface area contributed by atoms with E-state index >= 15 is 0 Å². The highest BCUT2D eigenvalue weighted by Gasteiger charge is 2.20. The van der Waals surface area contributed by atoms with E-state index in [1.54, 1.807) is 16.0 Å². The molecule has 0 radical (unpaired) electrons. The second-order valence-corrected chi connectivity index (χ2v) is 7.60. The number of hydrogen-bond acceptors (Lipinski definition) is 3. The van der Waals surface area contributed by atoms with Crippen LogP contribution in [-0.2, 0) is 0 Å². The van der Waals surface area contributed by atoms with E-state index in [0.29, 0.717) is 11.6 Å². The average molecular weight is 353 g/mol. The van der Waals surface area contributed by atoms with Gasteiger partial charge in [0.25, 0.3) is 5.91 Å². The maximum atomic E-state index is 12.9. The number of aromatic nitrogens is 2. The Hall–Kier alpha value is -2.40. The van der Waals surface area contributed by atoms with E-state index in [1.165, 1.54) is 0 Å². The summed E-state index contributed by atoms with van der Waals surface area (Å²) in [6, 6.07) is 14.0. The van der Waals surface area contributed by atoms with Gasteiger partial charge in [0.05, 0.1) is 10.6 Å². The van der Waals surface area contributed by atoms with E-state index in [1.807, 2.05) is 61.7 Å². The molecular formula is C20H23N3OS. The molecule has 25 heavy (non-hydrogen) atoms. The molecule has 1 unspecified atom stereocenters. The highest BCUT2D eigenvalue weighted by molar-refractivity contribution is 7.13. The van der Waals surface area contributed by atoms with Crippen LogP contribution in [0.5, 0.6) is 0 Å². The Morgan fingerprint density at radius 3 is 2.60 bits per heavy atom. The highest BCUT2D eigenvalue weighted by atomic mass is 32.1. The van der Waals surface area contributed by atoms with E-state index in [2.05, 4.69) is 19.2 Å². The van der Waals surface area contributed by atoms with Crippen LogP contribution >= 0.6 is 11.3 Å². The molecule has 0 fully saturated rings. The SMILES string of the molecule is Cc1cccc(-n2nc(-c3cccs3)cc2C(=O)NC(C)C(C)C)c1. The lowest BCUT2D eigenvalue weighted by atomic mass is 10.1. The van der Waals surface area contributed by atoms with Crippen LogP contribution in [0.2, 0.25) is 0 Å². The maximum absolute atomic E-state index is 12.9. The smallest absolute Gasteiger partial charge is 0.270 e. The van der Waals surface area contributed by atoms with Gasteiger partial charge in [-0.1, -0.05) is 32.0 Å². The van der Waals surface area contributed by atoms with E-state index in [4.69, 9.17) is 5.10 Å². The summed E-state index contributed by atoms with van der Waals surface area (Å²) in [5, 5.41) is 9.80. The molecule has 130 valence electrons. The van der Waals surface area contributed by atoms with Crippen molar-refractivity contribution >= 4 is 17.2 Å². The van der Waals surface area contributed by atoms with Crippen molar-refractivity contribution in [1.29, 1.82) is 0 Å². The maximum Gasteiger partial charge on any atom is 0.270 e. The second kappa shape index (κ2) is 7.23. The van der Waals surface area contributed by atoms with Crippen molar-refractivity contribution in [3.8, 4) is 16.3 Å². The lowest BCUT2D eigenvalue weighted by molar-refractivity contribution is 0.0922. The van der Waals surface area contributed by atoms with Gasteiger partial charge in [0, 0.05) is 6.04 Å². The first-order valence-corrected chi connectivity index (χ1v) is 9.35. The van der Waals surface area contributed by atoms with Crippen molar-refractivity contribution in [2.24, 2.45) is 5.92 Å². The Bertz CT molecular complexity index is 865. The van der Waals surface area contributed by atoms with Crippen LogP contribution in [0.4, 0.5) is 0 Å². The summed E-state index contributed by atoms with van der Waals surface area (Å²) < 4.78 is 1.74. The fourth-order valence-electron chi connectivity index (χ4n) is 2.49. The first kappa shape index (κ1) is 17.4. The van der Waals surface area contributed by atoms with Crippen LogP contribution in [0, 0.1) is 12.8 Å². The van der Waals surface area contributed by atoms with Crippen molar-refractivity contribution in [2.75, 3.05) is 0 Å². The van der Waals surface area contributed by atoms with Crippen molar-refractivity contribution < 1.29 is 4.79 Å². The van der Waals surface area contributed by atoms with Crippen LogP contribution in [0.25, 0.3) is 16.3 Å². The Kier molecular flexibility index (Phi) is 5.04. The molecule has 3 rings (SSSR count). The van der Waals surface area contributed by atoms with Crippen molar-refractivity contribution in [1.82, 2.24) is 15.1 Å². The molecule has 1 N–H and O–H groups in total. The number of carbonyl (C=O) groups is 1. The van der Waals surface area contributed by atoms with Crippen LogP contribution in [-0.4, -0.2) is 21.7 Å². The largest absolute Gasteiger partial charge is 0.348 e. The second-order valence-electron chi connectivity index (χ2n) is 6.65. The van der Waals surface area contributed by atoms with Crippen molar-refractivity contribution in [3.05, 3.63) is 59.1 Å². The zero-order chi connectivity index (χ0) is 18.0. The molecule has 3 aromatic rings. The zero-order valence-electron chi connectivity index (χ0n) is 15.0. The van der Waals surface area contributed by atoms with Crippen LogP contribution in [0.15, 0.2) is 47.8 Å². The van der Waals surface area contributed by atoms with Gasteiger partial charge in [-0.2, -0.15) is 5.10 Å². The normalized spacial score (nSPS) is 12.4. The third-order valence-electron chi connectivity index (χ3n) is 4.32. The molecule has 1 aromatic carbocycles. The first-order chi connectivity index (χ1) is 12.0. The van der Waals surface area contributed by atoms with Gasteiger partial charge in [-0.3, -0.25) is 4.79 Å². The first-order valence-electron chi connectivity index (χ1n) is 8.47. The van der Waals surface area contributed by atoms with Gasteiger partial charge in [-0.15, -0.1) is 11.3 Å². The van der Waals surface area contributed by atoms with Gasteiger partial charge in [0.1, 0.15) is 11.4 Å². The molecule has 0 aliphatic heterocycles. The molecule has 0 bridgehead atoms. The van der Waals surface area contributed by atoms with Gasteiger partial charge >= 0.3 is 0 Å². The van der Waals surface area contributed by atoms with Gasteiger partial charge in [-0.25, -0.2) is 4.68 Å². The number of carbonyl (C=O) groups excluding carboxylic acids is 1. The van der Waals surface area contributed by atoms with Gasteiger partial charge in [0.2, 0.25) is 0 Å². The van der Waals surface area contributed by atoms with Crippen LogP contribution in [0.3, 0.4) is 0 Å². The number of amides is 1. The summed E-state index contributed by atoms with van der Waals surface area (Å²) >= 11 is 1.62. The number of hydrogen-bond donors (Lipinski definition) is 1. The predicted octanol–water partition coefficient (Wildman–Crippen LogP) is 4.68. The third kappa shape index (κ3) is 3.82. The van der Waals surface area contributed by atoms with E-state index in [0.717, 1.165) is 21.8 Å². The summed E-state index contributed by atoms with van der Waals surface area (Å²) in [6.45, 7) is 8.25. The summed E-state index contributed by atoms with van der Waals surface area (Å²) in [6.07, 6.45) is 0. The van der Waals surface area contributed by atoms with E-state index in [-0.39, 0.29) is 11.9 Å². The highest BCUT2D eigenvalue weighted by Crippen LogP contribution is 2.26. The molecule has 2 aromatic heterocycles. The third-order valence-corrected chi connectivity index (χ3v) is 5.21. The Labute approximate surface area is 152 Å². The number of rotatable bonds is 5. The monoisotopic (exact) mass is 353 g/mol. The van der Waals surface area contributed by atoms with Gasteiger partial charge in [-0.05, 0) is 55.0 Å². The van der Waals surface area contributed by atoms with E-state index in [9.17, 15) is 4.79 Å². The average Bonchev–Trinajstić information content (AvgIpc) is 3.24. The minimum absolute atomic E-state index is 0.0959. The molecule has 4 nitrogen and oxygen atoms in total. The molecule has 2 heterocycles. The minimum atomic E-state index is -0.0991. The lowest BCUT2D eigenvalue weighted by Crippen LogP contribution is -2.37. The minimum Gasteiger partial charge on any atom is -0.348 e. The van der Waals surface area contributed by atoms with Crippen molar-refractivity contribution in [2.45, 2.75) is 33.7 Å². The van der Waals surface area contributed by atoms with Gasteiger partial charge < -0.3 is 5.32 Å². The number of aryl methyl sites for hydroxylation is 1. The number of nitrogens with one attached hydrogen (secondary N) is 1.